The molecule has 0 saturated heterocycles. The van der Waals surface area contributed by atoms with Gasteiger partial charge in [0.15, 0.2) is 11.5 Å². The molecule has 0 spiro atoms. The van der Waals surface area contributed by atoms with E-state index in [1.54, 1.807) is 7.11 Å². The molecule has 5 heteroatoms. The highest BCUT2D eigenvalue weighted by Crippen LogP contribution is 2.30. The van der Waals surface area contributed by atoms with E-state index in [9.17, 15) is 4.79 Å². The Morgan fingerprint density at radius 1 is 0.966 bits per heavy atom. The van der Waals surface area contributed by atoms with Gasteiger partial charge in [-0.05, 0) is 42.1 Å². The quantitative estimate of drug-likeness (QED) is 0.567. The lowest BCUT2D eigenvalue weighted by atomic mass is 10.0. The highest BCUT2D eigenvalue weighted by Gasteiger charge is 2.12. The van der Waals surface area contributed by atoms with Gasteiger partial charge in [0.05, 0.1) is 7.11 Å². The molecule has 0 radical (unpaired) electrons. The van der Waals surface area contributed by atoms with Crippen molar-refractivity contribution in [1.82, 2.24) is 4.90 Å². The van der Waals surface area contributed by atoms with Gasteiger partial charge in [0.2, 0.25) is 0 Å². The Morgan fingerprint density at radius 3 is 2.48 bits per heavy atom. The van der Waals surface area contributed by atoms with E-state index in [0.717, 1.165) is 30.4 Å². The predicted octanol–water partition coefficient (Wildman–Crippen LogP) is 4.82. The fourth-order valence-corrected chi connectivity index (χ4v) is 3.31. The van der Waals surface area contributed by atoms with E-state index in [4.69, 9.17) is 9.47 Å². The molecule has 0 heterocycles. The summed E-state index contributed by atoms with van der Waals surface area (Å²) in [4.78, 5) is 15.2. The molecule has 0 saturated carbocycles. The van der Waals surface area contributed by atoms with Gasteiger partial charge in [-0.25, -0.2) is 0 Å². The Kier molecular flexibility index (Phi) is 7.09. The number of benzene rings is 3. The van der Waals surface area contributed by atoms with E-state index in [0.29, 0.717) is 29.4 Å². The van der Waals surface area contributed by atoms with Gasteiger partial charge in [0, 0.05) is 23.9 Å². The molecule has 152 valence electrons. The second kappa shape index (κ2) is 9.94. The van der Waals surface area contributed by atoms with Crippen molar-refractivity contribution < 1.29 is 14.3 Å². The topological polar surface area (TPSA) is 50.8 Å². The van der Waals surface area contributed by atoms with Crippen LogP contribution in [0.1, 0.15) is 24.2 Å². The molecule has 0 aliphatic rings. The predicted molar refractivity (Wildman–Crippen MR) is 118 cm³/mol. The van der Waals surface area contributed by atoms with Crippen LogP contribution < -0.4 is 14.8 Å². The zero-order chi connectivity index (χ0) is 20.6. The summed E-state index contributed by atoms with van der Waals surface area (Å²) in [6.45, 7) is 7.62. The van der Waals surface area contributed by atoms with Gasteiger partial charge in [-0.3, -0.25) is 4.79 Å². The van der Waals surface area contributed by atoms with Gasteiger partial charge in [-0.1, -0.05) is 50.2 Å². The van der Waals surface area contributed by atoms with Crippen LogP contribution in [0, 0.1) is 0 Å². The standard InChI is InChI=1S/C24H28N2O3/c1-4-26(5-2)15-16-29-23-17-19(13-14-22(23)28-3)25-24(27)21-12-8-10-18-9-6-7-11-20(18)21/h6-14,17H,4-5,15-16H2,1-3H3,(H,25,27). The number of amides is 1. The lowest BCUT2D eigenvalue weighted by Crippen LogP contribution is -2.28. The van der Waals surface area contributed by atoms with Crippen LogP contribution in [0.25, 0.3) is 10.8 Å². The first-order chi connectivity index (χ1) is 14.2. The molecule has 0 aliphatic carbocycles. The van der Waals surface area contributed by atoms with E-state index >= 15 is 0 Å². The summed E-state index contributed by atoms with van der Waals surface area (Å²) in [5.41, 5.74) is 1.31. The molecule has 0 aromatic heterocycles. The monoisotopic (exact) mass is 392 g/mol. The molecule has 3 aromatic carbocycles. The summed E-state index contributed by atoms with van der Waals surface area (Å²) < 4.78 is 11.3. The van der Waals surface area contributed by atoms with Crippen molar-refractivity contribution in [1.29, 1.82) is 0 Å². The smallest absolute Gasteiger partial charge is 0.256 e. The molecule has 0 bridgehead atoms. The van der Waals surface area contributed by atoms with Crippen LogP contribution >= 0.6 is 0 Å². The molecule has 3 aromatic rings. The van der Waals surface area contributed by atoms with Crippen LogP contribution in [0.2, 0.25) is 0 Å². The van der Waals surface area contributed by atoms with Crippen molar-refractivity contribution >= 4 is 22.4 Å². The normalized spacial score (nSPS) is 10.9. The summed E-state index contributed by atoms with van der Waals surface area (Å²) >= 11 is 0. The molecular formula is C24H28N2O3. The molecule has 5 nitrogen and oxygen atoms in total. The maximum absolute atomic E-state index is 12.9. The summed E-state index contributed by atoms with van der Waals surface area (Å²) in [6.07, 6.45) is 0. The first-order valence-corrected chi connectivity index (χ1v) is 9.98. The lowest BCUT2D eigenvalue weighted by molar-refractivity contribution is 0.102. The highest BCUT2D eigenvalue weighted by atomic mass is 16.5. The van der Waals surface area contributed by atoms with Crippen molar-refractivity contribution in [3.63, 3.8) is 0 Å². The largest absolute Gasteiger partial charge is 0.493 e. The van der Waals surface area contributed by atoms with Crippen molar-refractivity contribution in [2.45, 2.75) is 13.8 Å². The SMILES string of the molecule is CCN(CC)CCOc1cc(NC(=O)c2cccc3ccccc23)ccc1OC. The van der Waals surface area contributed by atoms with Crippen LogP contribution in [-0.2, 0) is 0 Å². The van der Waals surface area contributed by atoms with Gasteiger partial charge in [-0.2, -0.15) is 0 Å². The summed E-state index contributed by atoms with van der Waals surface area (Å²) in [7, 11) is 1.61. The molecule has 0 atom stereocenters. The number of rotatable bonds is 9. The Morgan fingerprint density at radius 2 is 1.72 bits per heavy atom. The number of methoxy groups -OCH3 is 1. The number of ether oxygens (including phenoxy) is 2. The van der Waals surface area contributed by atoms with Gasteiger partial charge in [0.25, 0.3) is 5.91 Å². The first-order valence-electron chi connectivity index (χ1n) is 9.98. The maximum Gasteiger partial charge on any atom is 0.256 e. The lowest BCUT2D eigenvalue weighted by Gasteiger charge is -2.19. The minimum Gasteiger partial charge on any atom is -0.493 e. The number of nitrogens with zero attached hydrogens (tertiary/aromatic N) is 1. The van der Waals surface area contributed by atoms with Gasteiger partial charge in [0.1, 0.15) is 6.61 Å². The minimum atomic E-state index is -0.152. The van der Waals surface area contributed by atoms with Crippen LogP contribution in [0.15, 0.2) is 60.7 Å². The van der Waals surface area contributed by atoms with Crippen molar-refractivity contribution in [3.8, 4) is 11.5 Å². The number of hydrogen-bond acceptors (Lipinski definition) is 4. The van der Waals surface area contributed by atoms with E-state index in [-0.39, 0.29) is 5.91 Å². The van der Waals surface area contributed by atoms with Gasteiger partial charge < -0.3 is 19.7 Å². The number of anilines is 1. The van der Waals surface area contributed by atoms with Crippen LogP contribution in [-0.4, -0.2) is 44.2 Å². The average Bonchev–Trinajstić information content (AvgIpc) is 2.76. The zero-order valence-corrected chi connectivity index (χ0v) is 17.3. The molecule has 3 rings (SSSR count). The summed E-state index contributed by atoms with van der Waals surface area (Å²) in [5, 5.41) is 4.94. The first kappa shape index (κ1) is 20.7. The third kappa shape index (κ3) is 5.06. The fourth-order valence-electron chi connectivity index (χ4n) is 3.31. The van der Waals surface area contributed by atoms with E-state index < -0.39 is 0 Å². The molecule has 29 heavy (non-hydrogen) atoms. The third-order valence-corrected chi connectivity index (χ3v) is 5.02. The van der Waals surface area contributed by atoms with Crippen LogP contribution in [0.5, 0.6) is 11.5 Å². The Balaban J connectivity index is 1.76. The van der Waals surface area contributed by atoms with E-state index in [1.165, 1.54) is 0 Å². The van der Waals surface area contributed by atoms with E-state index in [1.807, 2.05) is 60.7 Å². The van der Waals surface area contributed by atoms with Gasteiger partial charge >= 0.3 is 0 Å². The Labute approximate surface area is 172 Å². The Hall–Kier alpha value is -3.05. The number of likely N-dealkylation sites (N-methyl/N-ethyl adjacent to an activating group) is 1. The number of carbonyl (C=O) groups excluding carboxylic acids is 1. The number of fused-ring (bicyclic) bond motifs is 1. The second-order valence-corrected chi connectivity index (χ2v) is 6.72. The molecule has 0 fully saturated rings. The number of hydrogen-bond donors (Lipinski definition) is 1. The number of nitrogens with one attached hydrogen (secondary N) is 1. The highest BCUT2D eigenvalue weighted by molar-refractivity contribution is 6.13. The van der Waals surface area contributed by atoms with E-state index in [2.05, 4.69) is 24.1 Å². The average molecular weight is 392 g/mol. The Bertz CT molecular complexity index is 962. The second-order valence-electron chi connectivity index (χ2n) is 6.72. The molecule has 0 unspecified atom stereocenters. The third-order valence-electron chi connectivity index (χ3n) is 5.02. The van der Waals surface area contributed by atoms with Crippen LogP contribution in [0.4, 0.5) is 5.69 Å². The van der Waals surface area contributed by atoms with Crippen molar-refractivity contribution in [2.24, 2.45) is 0 Å². The maximum atomic E-state index is 12.9. The fraction of sp³-hybridized carbons (Fsp3) is 0.292. The molecule has 1 N–H and O–H groups in total. The van der Waals surface area contributed by atoms with Crippen molar-refractivity contribution in [2.75, 3.05) is 38.7 Å². The van der Waals surface area contributed by atoms with Gasteiger partial charge in [-0.15, -0.1) is 0 Å². The summed E-state index contributed by atoms with van der Waals surface area (Å²) in [5.74, 6) is 1.11. The minimum absolute atomic E-state index is 0.152. The van der Waals surface area contributed by atoms with Crippen molar-refractivity contribution in [3.05, 3.63) is 66.2 Å². The zero-order valence-electron chi connectivity index (χ0n) is 17.3. The molecule has 0 aliphatic heterocycles. The molecule has 1 amide bonds. The van der Waals surface area contributed by atoms with Crippen LogP contribution in [0.3, 0.4) is 0 Å². The number of carbonyl (C=O) groups is 1. The summed E-state index contributed by atoms with van der Waals surface area (Å²) in [6, 6.07) is 19.0. The molecular weight excluding hydrogens is 364 g/mol.